The predicted molar refractivity (Wildman–Crippen MR) is 130 cm³/mol. The molecule has 0 spiro atoms. The highest BCUT2D eigenvalue weighted by atomic mass is 32.2. The van der Waals surface area contributed by atoms with Gasteiger partial charge in [-0.25, -0.2) is 13.4 Å². The second kappa shape index (κ2) is 9.40. The fourth-order valence-electron chi connectivity index (χ4n) is 3.64. The van der Waals surface area contributed by atoms with Gasteiger partial charge < -0.3 is 11.1 Å². The molecule has 0 aliphatic heterocycles. The van der Waals surface area contributed by atoms with Crippen LogP contribution >= 0.6 is 0 Å². The molecule has 7 nitrogen and oxygen atoms in total. The molecule has 0 fully saturated rings. The first kappa shape index (κ1) is 22.4. The van der Waals surface area contributed by atoms with Gasteiger partial charge in [-0.2, -0.15) is 0 Å². The fourth-order valence-corrected chi connectivity index (χ4v) is 4.46. The summed E-state index contributed by atoms with van der Waals surface area (Å²) in [7, 11) is -3.16. The minimum Gasteiger partial charge on any atom is -0.326 e. The highest BCUT2D eigenvalue weighted by Gasteiger charge is 2.15. The highest BCUT2D eigenvalue weighted by molar-refractivity contribution is 7.89. The zero-order valence-corrected chi connectivity index (χ0v) is 18.9. The van der Waals surface area contributed by atoms with Crippen molar-refractivity contribution in [2.45, 2.75) is 12.3 Å². The van der Waals surface area contributed by atoms with E-state index in [2.05, 4.69) is 10.3 Å². The Labute approximate surface area is 192 Å². The molecule has 33 heavy (non-hydrogen) atoms. The molecular weight excluding hydrogens is 436 g/mol. The summed E-state index contributed by atoms with van der Waals surface area (Å²) in [5.41, 5.74) is 11.0. The summed E-state index contributed by atoms with van der Waals surface area (Å²) in [5.74, 6) is -0.326. The third kappa shape index (κ3) is 5.36. The van der Waals surface area contributed by atoms with Gasteiger partial charge in [0.1, 0.15) is 5.69 Å². The van der Waals surface area contributed by atoms with Crippen LogP contribution in [0.4, 0.5) is 5.69 Å². The van der Waals surface area contributed by atoms with Gasteiger partial charge in [-0.15, -0.1) is 0 Å². The van der Waals surface area contributed by atoms with E-state index in [0.717, 1.165) is 27.9 Å². The number of carbonyl (C=O) groups excluding carboxylic acids is 1. The number of carbonyl (C=O) groups is 1. The van der Waals surface area contributed by atoms with Gasteiger partial charge in [0.25, 0.3) is 5.91 Å². The predicted octanol–water partition coefficient (Wildman–Crippen LogP) is 3.79. The average molecular weight is 461 g/mol. The number of nitrogens with two attached hydrogens (primary N) is 1. The Bertz CT molecular complexity index is 1390. The van der Waals surface area contributed by atoms with Gasteiger partial charge in [-0.05, 0) is 46.5 Å². The molecule has 0 saturated heterocycles. The van der Waals surface area contributed by atoms with Crippen LogP contribution < -0.4 is 11.1 Å². The monoisotopic (exact) mass is 460 g/mol. The molecule has 0 aliphatic rings. The maximum atomic E-state index is 12.9. The molecule has 0 unspecified atom stereocenters. The summed E-state index contributed by atoms with van der Waals surface area (Å²) in [6.07, 6.45) is 4.33. The lowest BCUT2D eigenvalue weighted by Crippen LogP contribution is -2.16. The molecule has 0 atom stereocenters. The molecule has 0 aliphatic carbocycles. The van der Waals surface area contributed by atoms with Crippen molar-refractivity contribution in [3.63, 3.8) is 0 Å². The second-order valence-electron chi connectivity index (χ2n) is 7.78. The Kier molecular flexibility index (Phi) is 6.39. The second-order valence-corrected chi connectivity index (χ2v) is 9.92. The van der Waals surface area contributed by atoms with Gasteiger partial charge in [-0.3, -0.25) is 9.36 Å². The smallest absolute Gasteiger partial charge is 0.274 e. The molecule has 0 bridgehead atoms. The van der Waals surface area contributed by atoms with Gasteiger partial charge in [0.05, 0.1) is 18.3 Å². The number of rotatable bonds is 7. The van der Waals surface area contributed by atoms with E-state index in [4.69, 9.17) is 5.73 Å². The van der Waals surface area contributed by atoms with Crippen LogP contribution in [-0.2, 0) is 22.1 Å². The first-order chi connectivity index (χ1) is 15.8. The molecular formula is C25H24N4O3S. The topological polar surface area (TPSA) is 107 Å². The molecule has 0 radical (unpaired) electrons. The van der Waals surface area contributed by atoms with Crippen molar-refractivity contribution < 1.29 is 13.2 Å². The molecule has 1 amide bonds. The van der Waals surface area contributed by atoms with Crippen molar-refractivity contribution in [3.8, 4) is 16.8 Å². The van der Waals surface area contributed by atoms with Crippen LogP contribution in [0.3, 0.4) is 0 Å². The van der Waals surface area contributed by atoms with Crippen molar-refractivity contribution in [1.29, 1.82) is 0 Å². The third-order valence-corrected chi connectivity index (χ3v) is 6.02. The van der Waals surface area contributed by atoms with E-state index in [0.29, 0.717) is 17.9 Å². The Balaban J connectivity index is 1.55. The van der Waals surface area contributed by atoms with Gasteiger partial charge >= 0.3 is 0 Å². The largest absolute Gasteiger partial charge is 0.326 e. The van der Waals surface area contributed by atoms with Crippen LogP contribution in [0.1, 0.15) is 21.6 Å². The Morgan fingerprint density at radius 1 is 1.03 bits per heavy atom. The zero-order chi connectivity index (χ0) is 23.4. The zero-order valence-electron chi connectivity index (χ0n) is 18.1. The van der Waals surface area contributed by atoms with Gasteiger partial charge in [0.2, 0.25) is 0 Å². The minimum absolute atomic E-state index is 0.0307. The van der Waals surface area contributed by atoms with Crippen molar-refractivity contribution in [2.75, 3.05) is 11.6 Å². The number of sulfone groups is 1. The van der Waals surface area contributed by atoms with Crippen molar-refractivity contribution in [2.24, 2.45) is 5.73 Å². The number of nitrogens with zero attached hydrogens (tertiary/aromatic N) is 2. The van der Waals surface area contributed by atoms with Crippen LogP contribution in [-0.4, -0.2) is 30.1 Å². The summed E-state index contributed by atoms with van der Waals surface area (Å²) in [6.45, 7) is 0.406. The van der Waals surface area contributed by atoms with Crippen LogP contribution in [0.5, 0.6) is 0 Å². The molecule has 0 saturated carbocycles. The van der Waals surface area contributed by atoms with Crippen molar-refractivity contribution >= 4 is 21.4 Å². The number of amides is 1. The van der Waals surface area contributed by atoms with Crippen molar-refractivity contribution in [3.05, 3.63) is 102 Å². The Hall–Kier alpha value is -3.75. The minimum atomic E-state index is -3.16. The molecule has 4 rings (SSSR count). The molecule has 3 N–H and O–H groups in total. The maximum Gasteiger partial charge on any atom is 0.274 e. The van der Waals surface area contributed by atoms with E-state index in [-0.39, 0.29) is 11.7 Å². The number of benzene rings is 3. The van der Waals surface area contributed by atoms with Crippen LogP contribution in [0.15, 0.2) is 85.3 Å². The Morgan fingerprint density at radius 2 is 1.79 bits per heavy atom. The van der Waals surface area contributed by atoms with E-state index in [1.54, 1.807) is 23.0 Å². The molecule has 8 heteroatoms. The first-order valence-corrected chi connectivity index (χ1v) is 12.4. The van der Waals surface area contributed by atoms with Crippen molar-refractivity contribution in [1.82, 2.24) is 9.55 Å². The van der Waals surface area contributed by atoms with Crippen LogP contribution in [0.25, 0.3) is 16.8 Å². The summed E-state index contributed by atoms with van der Waals surface area (Å²) < 4.78 is 25.3. The van der Waals surface area contributed by atoms with E-state index < -0.39 is 9.84 Å². The third-order valence-electron chi connectivity index (χ3n) is 5.18. The normalized spacial score (nSPS) is 11.3. The van der Waals surface area contributed by atoms with E-state index in [9.17, 15) is 13.2 Å². The standard InChI is InChI=1S/C25H24N4O3S/c1-33(31,32)16-20-6-2-3-8-23(20)19-9-11-21(12-10-19)28-25(30)24-15-27-17-29(24)22-7-4-5-18(13-22)14-26/h2-13,15,17H,14,16,26H2,1H3,(H,28,30). The first-order valence-electron chi connectivity index (χ1n) is 10.3. The molecule has 1 heterocycles. The molecule has 3 aromatic carbocycles. The molecule has 1 aromatic heterocycles. The Morgan fingerprint density at radius 3 is 2.52 bits per heavy atom. The van der Waals surface area contributed by atoms with Crippen LogP contribution in [0.2, 0.25) is 0 Å². The lowest BCUT2D eigenvalue weighted by Gasteiger charge is -2.12. The lowest BCUT2D eigenvalue weighted by molar-refractivity contribution is 0.102. The number of hydrogen-bond acceptors (Lipinski definition) is 5. The van der Waals surface area contributed by atoms with E-state index in [1.807, 2.05) is 60.7 Å². The number of anilines is 1. The number of hydrogen-bond donors (Lipinski definition) is 2. The lowest BCUT2D eigenvalue weighted by atomic mass is 10.0. The fraction of sp³-hybridized carbons (Fsp3) is 0.120. The SMILES string of the molecule is CS(=O)(=O)Cc1ccccc1-c1ccc(NC(=O)c2cncn2-c2cccc(CN)c2)cc1. The highest BCUT2D eigenvalue weighted by Crippen LogP contribution is 2.26. The summed E-state index contributed by atoms with van der Waals surface area (Å²) >= 11 is 0. The quantitative estimate of drug-likeness (QED) is 0.436. The number of nitrogens with one attached hydrogen (secondary N) is 1. The van der Waals surface area contributed by atoms with Gasteiger partial charge in [0.15, 0.2) is 9.84 Å². The number of aromatic nitrogens is 2. The summed E-state index contributed by atoms with van der Waals surface area (Å²) in [5, 5.41) is 2.89. The van der Waals surface area contributed by atoms with Crippen LogP contribution in [0, 0.1) is 0 Å². The summed E-state index contributed by atoms with van der Waals surface area (Å²) in [4.78, 5) is 17.1. The van der Waals surface area contributed by atoms with E-state index >= 15 is 0 Å². The van der Waals surface area contributed by atoms with Gasteiger partial charge in [-0.1, -0.05) is 48.5 Å². The maximum absolute atomic E-state index is 12.9. The number of imidazole rings is 1. The van der Waals surface area contributed by atoms with Gasteiger partial charge in [0, 0.05) is 24.2 Å². The average Bonchev–Trinajstić information content (AvgIpc) is 3.29. The van der Waals surface area contributed by atoms with E-state index in [1.165, 1.54) is 12.5 Å². The molecule has 4 aromatic rings. The summed E-state index contributed by atoms with van der Waals surface area (Å²) in [6, 6.07) is 22.3. The molecule has 168 valence electrons.